The molecule has 0 aliphatic rings. The molecule has 221 valence electrons. The molecular weight excluding hydrogens is 535 g/mol. The molecule has 0 aliphatic carbocycles. The molecule has 0 aromatic heterocycles. The van der Waals surface area contributed by atoms with Gasteiger partial charge in [0.15, 0.2) is 0 Å². The zero-order valence-electron chi connectivity index (χ0n) is 25.2. The molecular formula is C35H51O4V-. The molecule has 0 fully saturated rings. The van der Waals surface area contributed by atoms with Gasteiger partial charge < -0.3 is 20.4 Å². The summed E-state index contributed by atoms with van der Waals surface area (Å²) in [5.74, 6) is 1.28. The van der Waals surface area contributed by atoms with Crippen molar-refractivity contribution in [3.63, 3.8) is 0 Å². The van der Waals surface area contributed by atoms with Crippen LogP contribution in [0.3, 0.4) is 0 Å². The first kappa shape index (κ1) is 42.4. The van der Waals surface area contributed by atoms with Crippen molar-refractivity contribution in [2.24, 2.45) is 0 Å². The van der Waals surface area contributed by atoms with E-state index in [4.69, 9.17) is 0 Å². The van der Waals surface area contributed by atoms with Gasteiger partial charge in [-0.15, -0.1) is 26.4 Å². The first-order chi connectivity index (χ1) is 19.1. The van der Waals surface area contributed by atoms with Gasteiger partial charge in [0.05, 0.1) is 0 Å². The minimum absolute atomic E-state index is 0. The second-order valence-electron chi connectivity index (χ2n) is 8.70. The Balaban J connectivity index is -0.000000539. The first-order valence-electron chi connectivity index (χ1n) is 14.5. The van der Waals surface area contributed by atoms with Crippen LogP contribution >= 0.6 is 0 Å². The molecule has 0 heterocycles. The van der Waals surface area contributed by atoms with E-state index < -0.39 is 0 Å². The van der Waals surface area contributed by atoms with Gasteiger partial charge in [-0.1, -0.05) is 193 Å². The third kappa shape index (κ3) is 25.0. The monoisotopic (exact) mass is 586 g/mol. The van der Waals surface area contributed by atoms with E-state index in [9.17, 15) is 20.4 Å². The minimum Gasteiger partial charge on any atom is -0.854 e. The third-order valence-corrected chi connectivity index (χ3v) is 5.18. The predicted octanol–water partition coefficient (Wildman–Crippen LogP) is 5.29. The number of benzene rings is 3. The molecule has 0 saturated heterocycles. The average molecular weight is 587 g/mol. The van der Waals surface area contributed by atoms with Gasteiger partial charge in [0, 0.05) is 0 Å². The fraction of sp³-hybridized carbons (Fsp3) is 0.457. The second kappa shape index (κ2) is 35.0. The van der Waals surface area contributed by atoms with Crippen molar-refractivity contribution in [2.45, 2.75) is 79.1 Å². The van der Waals surface area contributed by atoms with Crippen molar-refractivity contribution < 1.29 is 39.0 Å². The maximum atomic E-state index is 9.53. The topological polar surface area (TPSA) is 92.2 Å². The molecule has 3 aromatic rings. The normalized spacial score (nSPS) is 9.00. The van der Waals surface area contributed by atoms with Gasteiger partial charge in [-0.05, 0) is 0 Å². The molecule has 40 heavy (non-hydrogen) atoms. The summed E-state index contributed by atoms with van der Waals surface area (Å²) < 4.78 is 0. The van der Waals surface area contributed by atoms with Crippen LogP contribution in [0.2, 0.25) is 0 Å². The molecule has 0 amide bonds. The molecule has 0 bridgehead atoms. The Morgan fingerprint density at radius 3 is 0.725 bits per heavy atom. The summed E-state index contributed by atoms with van der Waals surface area (Å²) in [4.78, 5) is 0. The summed E-state index contributed by atoms with van der Waals surface area (Å²) in [6.45, 7) is 8.42. The van der Waals surface area contributed by atoms with Crippen LogP contribution in [-0.4, -0.2) is 26.4 Å². The Kier molecular flexibility index (Phi) is 37.1. The van der Waals surface area contributed by atoms with E-state index in [1.165, 1.54) is 22.6 Å². The van der Waals surface area contributed by atoms with Gasteiger partial charge >= 0.3 is 18.6 Å². The van der Waals surface area contributed by atoms with Crippen molar-refractivity contribution in [3.8, 4) is 0 Å². The van der Waals surface area contributed by atoms with E-state index in [2.05, 4.69) is 91.0 Å². The van der Waals surface area contributed by atoms with E-state index >= 15 is 0 Å². The molecule has 0 aliphatic heterocycles. The molecule has 0 spiro atoms. The van der Waals surface area contributed by atoms with E-state index in [-0.39, 0.29) is 45.0 Å². The molecule has 3 aromatic carbocycles. The van der Waals surface area contributed by atoms with Crippen LogP contribution < -0.4 is 20.4 Å². The molecule has 4 nitrogen and oxygen atoms in total. The van der Waals surface area contributed by atoms with Crippen molar-refractivity contribution >= 4 is 0 Å². The van der Waals surface area contributed by atoms with Gasteiger partial charge in [0.25, 0.3) is 0 Å². The summed E-state index contributed by atoms with van der Waals surface area (Å²) in [6, 6.07) is 31.6. The van der Waals surface area contributed by atoms with Crippen LogP contribution in [0.4, 0.5) is 0 Å². The van der Waals surface area contributed by atoms with E-state index in [1.54, 1.807) is 0 Å². The molecule has 1 radical (unpaired) electrons. The minimum atomic E-state index is 0. The standard InChI is InChI=1S/C19H15.4C4H9O.V/c1-4-10-16(11-5-1)19(17-12-6-2-7-13-17)18-14-8-3-9-15-18;4*1-2-3-4-5;/h1-15H;4*2-4H2,1H3;/q5*-1;+4. The maximum absolute atomic E-state index is 9.53. The average Bonchev–Trinajstić information content (AvgIpc) is 2.98. The number of hydrogen-bond donors (Lipinski definition) is 0. The molecule has 3 rings (SSSR count). The third-order valence-electron chi connectivity index (χ3n) is 5.18. The fourth-order valence-electron chi connectivity index (χ4n) is 2.89. The van der Waals surface area contributed by atoms with Gasteiger partial charge in [-0.3, -0.25) is 0 Å². The van der Waals surface area contributed by atoms with Gasteiger partial charge in [-0.2, -0.15) is 0 Å². The number of unbranched alkanes of at least 4 members (excludes halogenated alkanes) is 4. The largest absolute Gasteiger partial charge is 4.00 e. The summed E-state index contributed by atoms with van der Waals surface area (Å²) in [6.07, 6.45) is 7.46. The van der Waals surface area contributed by atoms with Crippen LogP contribution in [0.25, 0.3) is 0 Å². The maximum Gasteiger partial charge on any atom is 4.00 e. The predicted molar refractivity (Wildman–Crippen MR) is 159 cm³/mol. The Labute approximate surface area is 257 Å². The van der Waals surface area contributed by atoms with E-state index in [0.29, 0.717) is 0 Å². The SMILES string of the molecule is CCCC[O-].CCCC[O-].CCCC[O-].CCCC[O-].[V+4].c1ccc([C-](c2ccccc2)c2ccccc2)cc1. The van der Waals surface area contributed by atoms with Crippen molar-refractivity contribution in [1.82, 2.24) is 0 Å². The van der Waals surface area contributed by atoms with E-state index in [0.717, 1.165) is 51.4 Å². The molecule has 0 unspecified atom stereocenters. The number of hydrogen-bond acceptors (Lipinski definition) is 4. The molecule has 0 atom stereocenters. The molecule has 0 saturated carbocycles. The van der Waals surface area contributed by atoms with Crippen molar-refractivity contribution in [2.75, 3.05) is 26.4 Å². The molecule has 5 heteroatoms. The summed E-state index contributed by atoms with van der Waals surface area (Å²) >= 11 is 0. The van der Waals surface area contributed by atoms with Crippen LogP contribution in [0.15, 0.2) is 91.0 Å². The summed E-state index contributed by atoms with van der Waals surface area (Å²) in [5.41, 5.74) is 3.75. The molecule has 0 N–H and O–H groups in total. The zero-order valence-corrected chi connectivity index (χ0v) is 26.6. The van der Waals surface area contributed by atoms with Crippen LogP contribution in [-0.2, 0) is 18.6 Å². The van der Waals surface area contributed by atoms with Crippen LogP contribution in [0.1, 0.15) is 95.8 Å². The Morgan fingerprint density at radius 2 is 0.600 bits per heavy atom. The number of rotatable bonds is 11. The second-order valence-corrected chi connectivity index (χ2v) is 8.70. The summed E-state index contributed by atoms with van der Waals surface area (Å²) in [5, 5.41) is 38.1. The first-order valence-corrected chi connectivity index (χ1v) is 14.5. The van der Waals surface area contributed by atoms with Gasteiger partial charge in [-0.25, -0.2) is 0 Å². The zero-order chi connectivity index (χ0) is 29.4. The van der Waals surface area contributed by atoms with Crippen molar-refractivity contribution in [3.05, 3.63) is 114 Å². The fourth-order valence-corrected chi connectivity index (χ4v) is 2.89. The quantitative estimate of drug-likeness (QED) is 0.226. The summed E-state index contributed by atoms with van der Waals surface area (Å²) in [7, 11) is 0. The van der Waals surface area contributed by atoms with Gasteiger partial charge in [0.2, 0.25) is 0 Å². The van der Waals surface area contributed by atoms with Crippen molar-refractivity contribution in [1.29, 1.82) is 0 Å². The Hall–Kier alpha value is -2.05. The van der Waals surface area contributed by atoms with E-state index in [1.807, 2.05) is 27.7 Å². The van der Waals surface area contributed by atoms with Gasteiger partial charge in [0.1, 0.15) is 0 Å². The Morgan fingerprint density at radius 1 is 0.400 bits per heavy atom. The Bertz CT molecular complexity index is 691. The van der Waals surface area contributed by atoms with Crippen LogP contribution in [0, 0.1) is 5.92 Å². The van der Waals surface area contributed by atoms with Crippen LogP contribution in [0.5, 0.6) is 0 Å². The smallest absolute Gasteiger partial charge is 0.854 e.